The summed E-state index contributed by atoms with van der Waals surface area (Å²) in [6, 6.07) is 10.1. The first-order chi connectivity index (χ1) is 14.1. The van der Waals surface area contributed by atoms with Crippen molar-refractivity contribution >= 4 is 28.1 Å². The van der Waals surface area contributed by atoms with Crippen LogP contribution in [-0.2, 0) is 11.2 Å². The molecule has 1 amide bonds. The number of nitrogen functional groups attached to an aromatic ring is 1. The van der Waals surface area contributed by atoms with Gasteiger partial charge in [-0.25, -0.2) is 9.50 Å². The van der Waals surface area contributed by atoms with Gasteiger partial charge in [0, 0.05) is 46.8 Å². The molecule has 0 saturated heterocycles. The third-order valence-corrected chi connectivity index (χ3v) is 5.76. The monoisotopic (exact) mass is 384 g/mol. The second-order valence-electron chi connectivity index (χ2n) is 7.37. The highest BCUT2D eigenvalue weighted by Crippen LogP contribution is 2.45. The molecule has 0 spiro atoms. The number of rotatable bonds is 3. The molecule has 3 N–H and O–H groups in total. The van der Waals surface area contributed by atoms with Crippen molar-refractivity contribution in [3.63, 3.8) is 0 Å². The lowest BCUT2D eigenvalue weighted by molar-refractivity contribution is -0.117. The maximum Gasteiger partial charge on any atom is 0.243 e. The van der Waals surface area contributed by atoms with Crippen molar-refractivity contribution in [1.82, 2.24) is 24.9 Å². The second kappa shape index (κ2) is 6.41. The van der Waals surface area contributed by atoms with Gasteiger partial charge in [0.1, 0.15) is 11.8 Å². The van der Waals surface area contributed by atoms with Crippen molar-refractivity contribution in [2.75, 3.05) is 5.73 Å². The number of anilines is 1. The molecule has 7 nitrogen and oxygen atoms in total. The predicted molar refractivity (Wildman–Crippen MR) is 112 cm³/mol. The summed E-state index contributed by atoms with van der Waals surface area (Å²) >= 11 is 0. The Labute approximate surface area is 167 Å². The maximum absolute atomic E-state index is 11.9. The Balaban J connectivity index is 1.75. The first-order valence-corrected chi connectivity index (χ1v) is 9.50. The molecule has 1 aromatic carbocycles. The summed E-state index contributed by atoms with van der Waals surface area (Å²) in [5.41, 5.74) is 12.1. The Bertz CT molecular complexity index is 1290. The number of benzene rings is 1. The summed E-state index contributed by atoms with van der Waals surface area (Å²) < 4.78 is 1.86. The maximum atomic E-state index is 11.9. The van der Waals surface area contributed by atoms with Gasteiger partial charge in [-0.1, -0.05) is 31.7 Å². The van der Waals surface area contributed by atoms with Crippen LogP contribution in [0.25, 0.3) is 27.5 Å². The van der Waals surface area contributed by atoms with Crippen LogP contribution in [0, 0.1) is 0 Å². The van der Waals surface area contributed by atoms with Gasteiger partial charge in [0.25, 0.3) is 0 Å². The largest absolute Gasteiger partial charge is 0.382 e. The number of hydrogen-bond acceptors (Lipinski definition) is 5. The van der Waals surface area contributed by atoms with E-state index in [1.54, 1.807) is 0 Å². The number of nitrogens with zero attached hydrogens (tertiary/aromatic N) is 4. The minimum Gasteiger partial charge on any atom is -0.382 e. The fourth-order valence-corrected chi connectivity index (χ4v) is 4.38. The molecule has 1 aliphatic carbocycles. The molecule has 0 aliphatic heterocycles. The van der Waals surface area contributed by atoms with Crippen LogP contribution in [-0.4, -0.2) is 31.5 Å². The topological polar surface area (TPSA) is 98.2 Å². The van der Waals surface area contributed by atoms with E-state index in [1.165, 1.54) is 12.4 Å². The number of nitrogens with one attached hydrogen (secondary N) is 1. The van der Waals surface area contributed by atoms with E-state index in [-0.39, 0.29) is 17.9 Å². The Morgan fingerprint density at radius 3 is 3.00 bits per heavy atom. The molecule has 0 radical (unpaired) electrons. The Hall–Kier alpha value is -3.74. The van der Waals surface area contributed by atoms with Gasteiger partial charge < -0.3 is 11.1 Å². The van der Waals surface area contributed by atoms with E-state index in [0.29, 0.717) is 12.2 Å². The van der Waals surface area contributed by atoms with Crippen LogP contribution in [0.2, 0.25) is 0 Å². The second-order valence-corrected chi connectivity index (χ2v) is 7.37. The highest BCUT2D eigenvalue weighted by molar-refractivity contribution is 5.95. The van der Waals surface area contributed by atoms with Crippen LogP contribution >= 0.6 is 0 Å². The fourth-order valence-electron chi connectivity index (χ4n) is 4.38. The SMILES string of the molecule is C=CC(=O)N[C@H]1Cc2c(c(-c3cnc4ccccc4c3)c3c(N)ncnn23)[C@H]1C. The first kappa shape index (κ1) is 17.4. The molecule has 5 rings (SSSR count). The minimum atomic E-state index is -0.177. The lowest BCUT2D eigenvalue weighted by atomic mass is 9.93. The molecular weight excluding hydrogens is 364 g/mol. The molecule has 1 aliphatic rings. The Morgan fingerprint density at radius 2 is 2.17 bits per heavy atom. The smallest absolute Gasteiger partial charge is 0.243 e. The van der Waals surface area contributed by atoms with Gasteiger partial charge in [-0.05, 0) is 23.8 Å². The number of hydrogen-bond donors (Lipinski definition) is 2. The van der Waals surface area contributed by atoms with Crippen molar-refractivity contribution in [2.24, 2.45) is 0 Å². The van der Waals surface area contributed by atoms with Crippen LogP contribution in [0.3, 0.4) is 0 Å². The lowest BCUT2D eigenvalue weighted by Crippen LogP contribution is -2.36. The first-order valence-electron chi connectivity index (χ1n) is 9.50. The van der Waals surface area contributed by atoms with Gasteiger partial charge in [0.15, 0.2) is 5.82 Å². The summed E-state index contributed by atoms with van der Waals surface area (Å²) in [7, 11) is 0. The average Bonchev–Trinajstić information content (AvgIpc) is 3.23. The number of amides is 1. The summed E-state index contributed by atoms with van der Waals surface area (Å²) in [6.07, 6.45) is 5.29. The third-order valence-electron chi connectivity index (χ3n) is 5.76. The van der Waals surface area contributed by atoms with Crippen LogP contribution in [0.4, 0.5) is 5.82 Å². The standard InChI is InChI=1S/C22H20N6O/c1-3-18(29)27-16-9-17-19(12(16)2)20(21-22(23)25-11-26-28(17)21)14-8-13-6-4-5-7-15(13)24-10-14/h3-8,10-12,16H,1,9H2,2H3,(H,27,29)(H2,23,25,26)/t12-,16-/m0/s1. The number of para-hydroxylation sites is 1. The van der Waals surface area contributed by atoms with Crippen molar-refractivity contribution < 1.29 is 4.79 Å². The van der Waals surface area contributed by atoms with Crippen LogP contribution < -0.4 is 11.1 Å². The Kier molecular flexibility index (Phi) is 3.84. The Morgan fingerprint density at radius 1 is 1.34 bits per heavy atom. The van der Waals surface area contributed by atoms with Gasteiger partial charge in [0.2, 0.25) is 5.91 Å². The average molecular weight is 384 g/mol. The fraction of sp³-hybridized carbons (Fsp3) is 0.182. The highest BCUT2D eigenvalue weighted by Gasteiger charge is 2.37. The third kappa shape index (κ3) is 2.58. The quantitative estimate of drug-likeness (QED) is 0.529. The van der Waals surface area contributed by atoms with E-state index in [4.69, 9.17) is 5.73 Å². The van der Waals surface area contributed by atoms with Crippen molar-refractivity contribution in [3.05, 3.63) is 66.8 Å². The zero-order valence-electron chi connectivity index (χ0n) is 16.0. The van der Waals surface area contributed by atoms with Crippen LogP contribution in [0.15, 0.2) is 55.5 Å². The van der Waals surface area contributed by atoms with E-state index in [0.717, 1.165) is 38.8 Å². The zero-order chi connectivity index (χ0) is 20.1. The molecule has 0 unspecified atom stereocenters. The van der Waals surface area contributed by atoms with Gasteiger partial charge in [-0.15, -0.1) is 0 Å². The number of pyridine rings is 1. The van der Waals surface area contributed by atoms with Gasteiger partial charge in [-0.3, -0.25) is 9.78 Å². The van der Waals surface area contributed by atoms with Crippen molar-refractivity contribution in [3.8, 4) is 11.1 Å². The number of aromatic nitrogens is 4. The van der Waals surface area contributed by atoms with E-state index in [1.807, 2.05) is 35.0 Å². The van der Waals surface area contributed by atoms with Crippen molar-refractivity contribution in [2.45, 2.75) is 25.3 Å². The molecule has 3 heterocycles. The molecule has 2 atom stereocenters. The zero-order valence-corrected chi connectivity index (χ0v) is 16.0. The molecule has 0 saturated carbocycles. The number of nitrogens with two attached hydrogens (primary N) is 1. The van der Waals surface area contributed by atoms with E-state index in [2.05, 4.69) is 40.0 Å². The molecule has 0 bridgehead atoms. The van der Waals surface area contributed by atoms with Gasteiger partial charge >= 0.3 is 0 Å². The van der Waals surface area contributed by atoms with E-state index >= 15 is 0 Å². The molecule has 7 heteroatoms. The summed E-state index contributed by atoms with van der Waals surface area (Å²) in [5.74, 6) is 0.331. The molecule has 4 aromatic rings. The highest BCUT2D eigenvalue weighted by atomic mass is 16.1. The number of carbonyl (C=O) groups excluding carboxylic acids is 1. The summed E-state index contributed by atoms with van der Waals surface area (Å²) in [5, 5.41) is 8.55. The lowest BCUT2D eigenvalue weighted by Gasteiger charge is -2.19. The molecule has 144 valence electrons. The molecule has 0 fully saturated rings. The molecule has 29 heavy (non-hydrogen) atoms. The normalized spacial score (nSPS) is 18.1. The van der Waals surface area contributed by atoms with Crippen LogP contribution in [0.1, 0.15) is 24.1 Å². The predicted octanol–water partition coefficient (Wildman–Crippen LogP) is 2.86. The molecular formula is C22H20N6O. The van der Waals surface area contributed by atoms with E-state index < -0.39 is 0 Å². The number of fused-ring (bicyclic) bond motifs is 4. The van der Waals surface area contributed by atoms with Gasteiger partial charge in [0.05, 0.1) is 5.52 Å². The summed E-state index contributed by atoms with van der Waals surface area (Å²) in [6.45, 7) is 5.67. The summed E-state index contributed by atoms with van der Waals surface area (Å²) in [4.78, 5) is 20.8. The van der Waals surface area contributed by atoms with Gasteiger partial charge in [-0.2, -0.15) is 5.10 Å². The minimum absolute atomic E-state index is 0.0363. The molecule has 3 aromatic heterocycles. The van der Waals surface area contributed by atoms with E-state index in [9.17, 15) is 4.79 Å². The number of carbonyl (C=O) groups is 1. The van der Waals surface area contributed by atoms with Crippen molar-refractivity contribution in [1.29, 1.82) is 0 Å². The van der Waals surface area contributed by atoms with Crippen LogP contribution in [0.5, 0.6) is 0 Å².